The molecule has 0 unspecified atom stereocenters. The molecule has 1 N–H and O–H groups in total. The van der Waals surface area contributed by atoms with Gasteiger partial charge in [-0.25, -0.2) is 0 Å². The Hall–Kier alpha value is -2.80. The first kappa shape index (κ1) is 23.4. The molecule has 8 heteroatoms. The summed E-state index contributed by atoms with van der Waals surface area (Å²) in [4.78, 5) is 12.7. The summed E-state index contributed by atoms with van der Waals surface area (Å²) in [7, 11) is 0. The summed E-state index contributed by atoms with van der Waals surface area (Å²) in [6.07, 6.45) is 1.80. The van der Waals surface area contributed by atoms with E-state index < -0.39 is 0 Å². The predicted octanol–water partition coefficient (Wildman–Crippen LogP) is 7.14. The van der Waals surface area contributed by atoms with Gasteiger partial charge >= 0.3 is 0 Å². The Morgan fingerprint density at radius 3 is 2.55 bits per heavy atom. The number of hydrogen-bond donors (Lipinski definition) is 1. The average Bonchev–Trinajstić information content (AvgIpc) is 3.15. The van der Waals surface area contributed by atoms with E-state index in [1.165, 1.54) is 0 Å². The van der Waals surface area contributed by atoms with E-state index in [2.05, 4.69) is 26.3 Å². The first-order valence-corrected chi connectivity index (χ1v) is 11.7. The molecule has 3 aromatic carbocycles. The van der Waals surface area contributed by atoms with Crippen molar-refractivity contribution in [2.45, 2.75) is 20.1 Å². The van der Waals surface area contributed by atoms with Gasteiger partial charge in [0.05, 0.1) is 11.0 Å². The minimum atomic E-state index is -0.250. The highest BCUT2D eigenvalue weighted by atomic mass is 79.9. The fourth-order valence-corrected chi connectivity index (χ4v) is 3.90. The van der Waals surface area contributed by atoms with Crippen LogP contribution in [0.3, 0.4) is 0 Å². The number of aromatic nitrogens is 2. The van der Waals surface area contributed by atoms with E-state index in [0.717, 1.165) is 22.4 Å². The van der Waals surface area contributed by atoms with Gasteiger partial charge in [0.25, 0.3) is 5.91 Å². The average molecular weight is 545 g/mol. The molecule has 0 spiro atoms. The lowest BCUT2D eigenvalue weighted by Crippen LogP contribution is -2.13. The molecule has 4 rings (SSSR count). The zero-order valence-electron chi connectivity index (χ0n) is 17.7. The van der Waals surface area contributed by atoms with E-state index in [0.29, 0.717) is 39.1 Å². The minimum absolute atomic E-state index is 0.250. The number of rotatable bonds is 7. The van der Waals surface area contributed by atoms with Gasteiger partial charge in [0.2, 0.25) is 0 Å². The molecule has 0 saturated heterocycles. The van der Waals surface area contributed by atoms with E-state index >= 15 is 0 Å². The Morgan fingerprint density at radius 1 is 1.06 bits per heavy atom. The third-order valence-corrected chi connectivity index (χ3v) is 6.36. The largest absolute Gasteiger partial charge is 0.489 e. The lowest BCUT2D eigenvalue weighted by atomic mass is 10.1. The SMILES string of the molecule is Cc1cc(OCc2ccc(C(=O)Nc3nn(Cc4ccccc4Cl)cc3Br)cc2)ccc1Cl. The van der Waals surface area contributed by atoms with E-state index in [4.69, 9.17) is 27.9 Å². The molecule has 1 heterocycles. The number of benzene rings is 3. The third-order valence-electron chi connectivity index (χ3n) is 4.99. The van der Waals surface area contributed by atoms with Crippen LogP contribution in [0.2, 0.25) is 10.0 Å². The Balaban J connectivity index is 1.37. The van der Waals surface area contributed by atoms with Crippen molar-refractivity contribution in [2.75, 3.05) is 5.32 Å². The maximum absolute atomic E-state index is 12.7. The van der Waals surface area contributed by atoms with Gasteiger partial charge in [0.15, 0.2) is 5.82 Å². The molecular weight excluding hydrogens is 525 g/mol. The molecular formula is C25H20BrCl2N3O2. The van der Waals surface area contributed by atoms with Gasteiger partial charge in [0, 0.05) is 21.8 Å². The first-order chi connectivity index (χ1) is 15.9. The van der Waals surface area contributed by atoms with E-state index in [1.54, 1.807) is 23.0 Å². The zero-order chi connectivity index (χ0) is 23.4. The second-order valence-corrected chi connectivity index (χ2v) is 9.13. The number of anilines is 1. The monoisotopic (exact) mass is 543 g/mol. The van der Waals surface area contributed by atoms with Gasteiger partial charge in [-0.3, -0.25) is 9.48 Å². The number of nitrogens with zero attached hydrogens (tertiary/aromatic N) is 2. The highest BCUT2D eigenvalue weighted by Crippen LogP contribution is 2.24. The van der Waals surface area contributed by atoms with Gasteiger partial charge in [-0.15, -0.1) is 0 Å². The number of carbonyl (C=O) groups is 1. The molecule has 0 bridgehead atoms. The number of amides is 1. The fraction of sp³-hybridized carbons (Fsp3) is 0.120. The van der Waals surface area contributed by atoms with Crippen molar-refractivity contribution in [1.82, 2.24) is 9.78 Å². The summed E-state index contributed by atoms with van der Waals surface area (Å²) in [6.45, 7) is 2.82. The molecule has 0 fully saturated rings. The molecule has 0 aliphatic rings. The quantitative estimate of drug-likeness (QED) is 0.269. The Kier molecular flexibility index (Phi) is 7.38. The Morgan fingerprint density at radius 2 is 1.82 bits per heavy atom. The van der Waals surface area contributed by atoms with Crippen LogP contribution in [0, 0.1) is 6.92 Å². The molecule has 0 saturated carbocycles. The van der Waals surface area contributed by atoms with Crippen LogP contribution < -0.4 is 10.1 Å². The summed E-state index contributed by atoms with van der Waals surface area (Å²) in [5.74, 6) is 0.938. The van der Waals surface area contributed by atoms with Crippen LogP contribution >= 0.6 is 39.1 Å². The van der Waals surface area contributed by atoms with Crippen molar-refractivity contribution >= 4 is 50.9 Å². The second kappa shape index (κ2) is 10.4. The lowest BCUT2D eigenvalue weighted by Gasteiger charge is -2.09. The van der Waals surface area contributed by atoms with Crippen molar-refractivity contribution < 1.29 is 9.53 Å². The smallest absolute Gasteiger partial charge is 0.256 e. The topological polar surface area (TPSA) is 56.1 Å². The van der Waals surface area contributed by atoms with Gasteiger partial charge in [-0.2, -0.15) is 5.10 Å². The van der Waals surface area contributed by atoms with Crippen LogP contribution in [-0.4, -0.2) is 15.7 Å². The number of carbonyl (C=O) groups excluding carboxylic acids is 1. The molecule has 1 amide bonds. The summed E-state index contributed by atoms with van der Waals surface area (Å²) in [5, 5.41) is 8.67. The van der Waals surface area contributed by atoms with E-state index in [-0.39, 0.29) is 5.91 Å². The second-order valence-electron chi connectivity index (χ2n) is 7.47. The normalized spacial score (nSPS) is 10.8. The molecule has 33 heavy (non-hydrogen) atoms. The van der Waals surface area contributed by atoms with Crippen molar-refractivity contribution in [3.8, 4) is 5.75 Å². The van der Waals surface area contributed by atoms with Crippen LogP contribution in [0.1, 0.15) is 27.0 Å². The number of ether oxygens (including phenoxy) is 1. The maximum atomic E-state index is 12.7. The van der Waals surface area contributed by atoms with Gasteiger partial charge in [-0.1, -0.05) is 53.5 Å². The molecule has 5 nitrogen and oxygen atoms in total. The predicted molar refractivity (Wildman–Crippen MR) is 135 cm³/mol. The summed E-state index contributed by atoms with van der Waals surface area (Å²) >= 11 is 15.7. The highest BCUT2D eigenvalue weighted by Gasteiger charge is 2.13. The number of nitrogens with one attached hydrogen (secondary N) is 1. The van der Waals surface area contributed by atoms with E-state index in [9.17, 15) is 4.79 Å². The summed E-state index contributed by atoms with van der Waals surface area (Å²) in [5.41, 5.74) is 3.37. The van der Waals surface area contributed by atoms with Gasteiger partial charge in [0.1, 0.15) is 12.4 Å². The Bertz CT molecular complexity index is 1290. The number of halogens is 3. The van der Waals surface area contributed by atoms with Crippen molar-refractivity contribution in [3.63, 3.8) is 0 Å². The van der Waals surface area contributed by atoms with Crippen molar-refractivity contribution in [2.24, 2.45) is 0 Å². The molecule has 0 atom stereocenters. The fourth-order valence-electron chi connectivity index (χ4n) is 3.17. The van der Waals surface area contributed by atoms with Crippen LogP contribution in [0.5, 0.6) is 5.75 Å². The third kappa shape index (κ3) is 5.96. The Labute approximate surface area is 210 Å². The first-order valence-electron chi connectivity index (χ1n) is 10.1. The van der Waals surface area contributed by atoms with Crippen LogP contribution in [-0.2, 0) is 13.2 Å². The number of aryl methyl sites for hydroxylation is 1. The molecule has 0 radical (unpaired) electrons. The van der Waals surface area contributed by atoms with Crippen LogP contribution in [0.15, 0.2) is 77.4 Å². The molecule has 168 valence electrons. The summed E-state index contributed by atoms with van der Waals surface area (Å²) in [6, 6.07) is 20.4. The van der Waals surface area contributed by atoms with Crippen molar-refractivity contribution in [3.05, 3.63) is 110 Å². The standard InChI is InChI=1S/C25H20BrCl2N3O2/c1-16-12-20(10-11-22(16)27)33-15-17-6-8-18(9-7-17)25(32)29-24-21(26)14-31(30-24)13-19-4-2-3-5-23(19)28/h2-12,14H,13,15H2,1H3,(H,29,30,32). The van der Waals surface area contributed by atoms with Crippen LogP contribution in [0.25, 0.3) is 0 Å². The van der Waals surface area contributed by atoms with Gasteiger partial charge < -0.3 is 10.1 Å². The van der Waals surface area contributed by atoms with E-state index in [1.807, 2.05) is 61.5 Å². The zero-order valence-corrected chi connectivity index (χ0v) is 20.8. The molecule has 0 aliphatic heterocycles. The minimum Gasteiger partial charge on any atom is -0.489 e. The highest BCUT2D eigenvalue weighted by molar-refractivity contribution is 9.10. The lowest BCUT2D eigenvalue weighted by molar-refractivity contribution is 0.102. The summed E-state index contributed by atoms with van der Waals surface area (Å²) < 4.78 is 8.22. The number of hydrogen-bond acceptors (Lipinski definition) is 3. The molecule has 0 aliphatic carbocycles. The van der Waals surface area contributed by atoms with Crippen LogP contribution in [0.4, 0.5) is 5.82 Å². The maximum Gasteiger partial charge on any atom is 0.256 e. The molecule has 1 aromatic heterocycles. The van der Waals surface area contributed by atoms with Crippen molar-refractivity contribution in [1.29, 1.82) is 0 Å². The van der Waals surface area contributed by atoms with Gasteiger partial charge in [-0.05, 0) is 75.9 Å². The molecule has 4 aromatic rings.